The zero-order chi connectivity index (χ0) is 32.5. The van der Waals surface area contributed by atoms with E-state index in [2.05, 4.69) is 54.4 Å². The highest BCUT2D eigenvalue weighted by Gasteiger charge is 2.53. The molecule has 20 nitrogen and oxygen atoms in total. The lowest BCUT2D eigenvalue weighted by Gasteiger charge is -2.27. The number of anilines is 2. The van der Waals surface area contributed by atoms with Gasteiger partial charge in [0.15, 0.2) is 28.9 Å². The second-order valence-corrected chi connectivity index (χ2v) is 16.6. The van der Waals surface area contributed by atoms with Crippen molar-refractivity contribution in [3.8, 4) is 0 Å². The van der Waals surface area contributed by atoms with Crippen molar-refractivity contribution in [1.29, 1.82) is 0 Å². The van der Waals surface area contributed by atoms with Crippen LogP contribution in [0.1, 0.15) is 18.7 Å². The van der Waals surface area contributed by atoms with E-state index in [9.17, 15) is 19.0 Å². The van der Waals surface area contributed by atoms with Gasteiger partial charge in [-0.15, -0.1) is 0 Å². The molecule has 0 unspecified atom stereocenters. The van der Waals surface area contributed by atoms with E-state index in [0.29, 0.717) is 11.2 Å². The maximum Gasteiger partial charge on any atom is 0.386 e. The third kappa shape index (κ3) is 5.64. The fourth-order valence-electron chi connectivity index (χ4n) is 6.10. The Bertz CT molecular complexity index is 1960. The number of nitrogen functional groups attached to an aromatic ring is 2. The molecule has 46 heavy (non-hydrogen) atoms. The Morgan fingerprint density at radius 1 is 1.00 bits per heavy atom. The van der Waals surface area contributed by atoms with E-state index in [1.807, 2.05) is 0 Å². The monoisotopic (exact) mass is 718 g/mol. The summed E-state index contributed by atoms with van der Waals surface area (Å²) in [7, 11) is 1.35. The van der Waals surface area contributed by atoms with Crippen LogP contribution in [0.3, 0.4) is 0 Å². The summed E-state index contributed by atoms with van der Waals surface area (Å²) in [5.41, 5.74) is 11.8. The molecule has 1 aliphatic carbocycles. The van der Waals surface area contributed by atoms with Crippen LogP contribution in [0.4, 0.5) is 11.8 Å². The number of aromatic nitrogens is 8. The Morgan fingerprint density at radius 3 is 2.46 bits per heavy atom. The zero-order valence-corrected chi connectivity index (χ0v) is 27.2. The van der Waals surface area contributed by atoms with Crippen LogP contribution < -0.4 is 17.0 Å². The molecule has 6 heterocycles. The molecular weight excluding hydrogens is 690 g/mol. The lowest BCUT2D eigenvalue weighted by Crippen LogP contribution is -2.37. The van der Waals surface area contributed by atoms with Gasteiger partial charge in [-0.25, -0.2) is 29.1 Å². The van der Waals surface area contributed by atoms with Crippen LogP contribution in [0.2, 0.25) is 0 Å². The highest BCUT2D eigenvalue weighted by Crippen LogP contribution is 2.61. The number of aliphatic hydroxyl groups excluding tert-OH is 1. The summed E-state index contributed by atoms with van der Waals surface area (Å²) < 4.78 is 65.3. The molecule has 3 fully saturated rings. The summed E-state index contributed by atoms with van der Waals surface area (Å²) in [6.07, 6.45) is -2.71. The lowest BCUT2D eigenvalue weighted by molar-refractivity contribution is -0.0543. The molecule has 7 rings (SSSR count). The fourth-order valence-corrected chi connectivity index (χ4v) is 9.13. The first-order valence-corrected chi connectivity index (χ1v) is 19.1. The average Bonchev–Trinajstić information content (AvgIpc) is 3.75. The second kappa shape index (κ2) is 11.8. The minimum Gasteiger partial charge on any atom is -0.388 e. The van der Waals surface area contributed by atoms with Crippen molar-refractivity contribution >= 4 is 72.2 Å². The van der Waals surface area contributed by atoms with E-state index in [1.54, 1.807) is 4.57 Å². The number of rotatable bonds is 3. The van der Waals surface area contributed by atoms with Gasteiger partial charge in [0.2, 0.25) is 5.95 Å². The minimum absolute atomic E-state index is 0.0432. The molecule has 6 N–H and O–H groups in total. The van der Waals surface area contributed by atoms with Crippen LogP contribution in [0.25, 0.3) is 22.3 Å². The topological polar surface area (TPSA) is 269 Å². The normalized spacial score (nSPS) is 37.1. The summed E-state index contributed by atoms with van der Waals surface area (Å²) in [4.78, 5) is 35.5. The average molecular weight is 719 g/mol. The van der Waals surface area contributed by atoms with E-state index < -0.39 is 74.5 Å². The van der Waals surface area contributed by atoms with E-state index in [1.165, 1.54) is 30.7 Å². The summed E-state index contributed by atoms with van der Waals surface area (Å²) in [6, 6.07) is -0.710. The van der Waals surface area contributed by atoms with Gasteiger partial charge >= 0.3 is 13.6 Å². The van der Waals surface area contributed by atoms with E-state index >= 15 is 0 Å². The van der Waals surface area contributed by atoms with Gasteiger partial charge in [-0.3, -0.25) is 27.9 Å². The summed E-state index contributed by atoms with van der Waals surface area (Å²) in [6.45, 7) is -9.16. The summed E-state index contributed by atoms with van der Waals surface area (Å²) in [5.74, 6) is -0.744. The number of aliphatic hydroxyl groups is 1. The van der Waals surface area contributed by atoms with E-state index in [-0.39, 0.29) is 36.0 Å². The first kappa shape index (κ1) is 32.0. The maximum absolute atomic E-state index is 13.8. The third-order valence-corrected chi connectivity index (χ3v) is 11.4. The minimum atomic E-state index is -4.23. The molecule has 1 saturated carbocycles. The van der Waals surface area contributed by atoms with Crippen LogP contribution in [-0.2, 0) is 36.7 Å². The van der Waals surface area contributed by atoms with Crippen molar-refractivity contribution in [2.24, 2.45) is 5.92 Å². The van der Waals surface area contributed by atoms with E-state index in [4.69, 9.17) is 39.0 Å². The number of imidazole rings is 2. The quantitative estimate of drug-likeness (QED) is 0.127. The van der Waals surface area contributed by atoms with Gasteiger partial charge in [0, 0.05) is 13.0 Å². The van der Waals surface area contributed by atoms with Crippen LogP contribution in [-0.4, -0.2) is 95.0 Å². The standard InChI is InChI=1S/C22H28N10O10P2S2/c1-37-15-10-4-39-44(36,46)41-14-8(2-9(13(14)33)31-6-27-11-17(23)25-5-26-18(11)31)3-38-43(35,45)42-16(15)21(40-10)32-7-28-12-19(32)29-22(24)30-20(12)34/h5-10,13-16,21,33H,2-4H2,1H3,(H,35,45)(H,36,46)(H2,23,25,26)(H3,24,29,30,34)/t8-,9-,10-,13+,14-,15-,16-,21-,43+,44+/m1/s1. The molecule has 24 heteroatoms. The Hall–Kier alpha value is -2.62. The molecule has 2 bridgehead atoms. The number of nitrogens with zero attached hydrogens (tertiary/aromatic N) is 7. The van der Waals surface area contributed by atoms with Crippen molar-refractivity contribution < 1.29 is 41.8 Å². The van der Waals surface area contributed by atoms with Gasteiger partial charge in [-0.1, -0.05) is 24.5 Å². The molecule has 0 aromatic carbocycles. The third-order valence-electron chi connectivity index (χ3n) is 8.13. The number of methoxy groups -OCH3 is 1. The highest BCUT2D eigenvalue weighted by atomic mass is 32.7. The molecule has 0 radical (unpaired) electrons. The Morgan fingerprint density at radius 2 is 1.70 bits per heavy atom. The number of ether oxygens (including phenoxy) is 2. The van der Waals surface area contributed by atoms with Crippen LogP contribution in [0.5, 0.6) is 0 Å². The Balaban J connectivity index is 1.22. The number of H-pyrrole nitrogens is 1. The summed E-state index contributed by atoms with van der Waals surface area (Å²) in [5, 5.41) is 11.4. The molecule has 248 valence electrons. The molecule has 10 atom stereocenters. The number of fused-ring (bicyclic) bond motifs is 5. The molecule has 0 spiro atoms. The largest absolute Gasteiger partial charge is 0.388 e. The predicted octanol–water partition coefficient (Wildman–Crippen LogP) is 0.851. The van der Waals surface area contributed by atoms with Crippen molar-refractivity contribution in [1.82, 2.24) is 39.0 Å². The molecule has 0 amide bonds. The number of hydrogen-bond donors (Lipinski definition) is 6. The number of thiol groups is 2. The molecule has 2 aliphatic heterocycles. The van der Waals surface area contributed by atoms with Crippen molar-refractivity contribution in [3.63, 3.8) is 0 Å². The zero-order valence-electron chi connectivity index (χ0n) is 23.7. The van der Waals surface area contributed by atoms with Gasteiger partial charge in [-0.2, -0.15) is 4.98 Å². The molecule has 4 aromatic heterocycles. The molecule has 3 aliphatic rings. The van der Waals surface area contributed by atoms with Gasteiger partial charge in [0.1, 0.15) is 42.4 Å². The van der Waals surface area contributed by atoms with Gasteiger partial charge < -0.3 is 35.1 Å². The number of aromatic amines is 1. The second-order valence-electron chi connectivity index (χ2n) is 10.8. The smallest absolute Gasteiger partial charge is 0.386 e. The molecule has 2 saturated heterocycles. The number of nitrogens with one attached hydrogen (secondary N) is 1. The van der Waals surface area contributed by atoms with Gasteiger partial charge in [0.25, 0.3) is 5.56 Å². The lowest BCUT2D eigenvalue weighted by atomic mass is 10.1. The van der Waals surface area contributed by atoms with Crippen LogP contribution in [0.15, 0.2) is 23.8 Å². The maximum atomic E-state index is 13.8. The Kier molecular flexibility index (Phi) is 8.21. The molecule has 4 aromatic rings. The Labute approximate surface area is 268 Å². The number of nitrogens with two attached hydrogens (primary N) is 2. The van der Waals surface area contributed by atoms with Crippen LogP contribution in [0, 0.1) is 5.92 Å². The van der Waals surface area contributed by atoms with Crippen LogP contribution >= 0.6 is 38.1 Å². The van der Waals surface area contributed by atoms with Gasteiger partial charge in [0.05, 0.1) is 31.9 Å². The first-order valence-electron chi connectivity index (χ1n) is 13.7. The van der Waals surface area contributed by atoms with Gasteiger partial charge in [-0.05, 0) is 6.42 Å². The summed E-state index contributed by atoms with van der Waals surface area (Å²) >= 11 is 8.40. The van der Waals surface area contributed by atoms with Crippen molar-refractivity contribution in [2.45, 2.75) is 49.2 Å². The first-order chi connectivity index (χ1) is 21.9. The van der Waals surface area contributed by atoms with E-state index in [0.717, 1.165) is 0 Å². The van der Waals surface area contributed by atoms with Crippen molar-refractivity contribution in [2.75, 3.05) is 31.8 Å². The highest BCUT2D eigenvalue weighted by molar-refractivity contribution is 8.44. The fraction of sp³-hybridized carbons (Fsp3) is 0.545. The molecular formula is C22H28N10O10P2S2. The SMILES string of the molecule is CO[C@H]1[C@H]2O[P@@](=O)(S)OC[C@H]3C[C@@H](n4cnc5c(N)ncnc54)[C@H](O)[C@@H]3O[P@@](=O)(S)OC[C@H]1O[C@H]2n1cnc2c(=O)[nH]c(N)nc21. The predicted molar refractivity (Wildman–Crippen MR) is 165 cm³/mol. The van der Waals surface area contributed by atoms with Crippen molar-refractivity contribution in [3.05, 3.63) is 29.3 Å². The number of hydrogen-bond acceptors (Lipinski definition) is 17.